The van der Waals surface area contributed by atoms with E-state index in [1.54, 1.807) is 19.2 Å². The van der Waals surface area contributed by atoms with Crippen LogP contribution in [-0.4, -0.2) is 35.5 Å². The number of nitrogens with zero attached hydrogens (tertiary/aromatic N) is 2. The number of hydrogen-bond acceptors (Lipinski definition) is 4. The summed E-state index contributed by atoms with van der Waals surface area (Å²) in [5.41, 5.74) is 0. The predicted molar refractivity (Wildman–Crippen MR) is 46.9 cm³/mol. The van der Waals surface area contributed by atoms with E-state index in [4.69, 9.17) is 9.47 Å². The first-order valence-corrected chi connectivity index (χ1v) is 4.44. The zero-order chi connectivity index (χ0) is 9.97. The smallest absolute Gasteiger partial charge is 0.216 e. The number of rotatable bonds is 2. The van der Waals surface area contributed by atoms with Crippen molar-refractivity contribution in [3.8, 4) is 5.88 Å². The normalized spacial score (nSPS) is 26.4. The Morgan fingerprint density at radius 2 is 2.43 bits per heavy atom. The minimum absolute atomic E-state index is 0.106. The summed E-state index contributed by atoms with van der Waals surface area (Å²) >= 11 is 0. The van der Waals surface area contributed by atoms with Crippen molar-refractivity contribution in [2.75, 3.05) is 13.2 Å². The van der Waals surface area contributed by atoms with Gasteiger partial charge in [-0.05, 0) is 6.92 Å². The van der Waals surface area contributed by atoms with Crippen molar-refractivity contribution >= 4 is 0 Å². The molecule has 1 fully saturated rings. The summed E-state index contributed by atoms with van der Waals surface area (Å²) < 4.78 is 23.3. The molecule has 0 spiro atoms. The molecule has 0 N–H and O–H groups in total. The maximum Gasteiger partial charge on any atom is 0.216 e. The van der Waals surface area contributed by atoms with Gasteiger partial charge in [-0.2, -0.15) is 4.98 Å². The minimum Gasteiger partial charge on any atom is -0.469 e. The van der Waals surface area contributed by atoms with E-state index in [0.717, 1.165) is 0 Å². The van der Waals surface area contributed by atoms with Gasteiger partial charge in [-0.1, -0.05) is 0 Å². The zero-order valence-electron chi connectivity index (χ0n) is 7.81. The fraction of sp³-hybridized carbons (Fsp3) is 0.556. The van der Waals surface area contributed by atoms with Gasteiger partial charge in [-0.25, -0.2) is 9.37 Å². The fourth-order valence-corrected chi connectivity index (χ4v) is 1.27. The molecule has 1 aromatic heterocycles. The number of ether oxygens (including phenoxy) is 2. The molecular weight excluding hydrogens is 187 g/mol. The molecule has 0 bridgehead atoms. The SMILES string of the molecule is Cc1nccc(O[C@H]2COC[C@@H]2F)n1. The lowest BCUT2D eigenvalue weighted by Crippen LogP contribution is -2.27. The van der Waals surface area contributed by atoms with Gasteiger partial charge in [0.15, 0.2) is 12.3 Å². The molecular formula is C9H11FN2O2. The Bertz CT molecular complexity index is 321. The van der Waals surface area contributed by atoms with Gasteiger partial charge in [-0.15, -0.1) is 0 Å². The second-order valence-corrected chi connectivity index (χ2v) is 3.15. The van der Waals surface area contributed by atoms with Crippen LogP contribution >= 0.6 is 0 Å². The average Bonchev–Trinajstić information content (AvgIpc) is 2.52. The minimum atomic E-state index is -1.06. The van der Waals surface area contributed by atoms with Gasteiger partial charge >= 0.3 is 0 Å². The molecule has 5 heteroatoms. The van der Waals surface area contributed by atoms with E-state index in [1.807, 2.05) is 0 Å². The van der Waals surface area contributed by atoms with Crippen molar-refractivity contribution in [1.29, 1.82) is 0 Å². The molecule has 2 heterocycles. The number of alkyl halides is 1. The molecule has 0 aromatic carbocycles. The lowest BCUT2D eigenvalue weighted by molar-refractivity contribution is 0.123. The maximum absolute atomic E-state index is 13.1. The highest BCUT2D eigenvalue weighted by atomic mass is 19.1. The van der Waals surface area contributed by atoms with Crippen LogP contribution in [0.4, 0.5) is 4.39 Å². The molecule has 0 radical (unpaired) electrons. The van der Waals surface area contributed by atoms with Gasteiger partial charge in [0.2, 0.25) is 5.88 Å². The summed E-state index contributed by atoms with van der Waals surface area (Å²) in [5, 5.41) is 0. The summed E-state index contributed by atoms with van der Waals surface area (Å²) in [6.07, 6.45) is -0.0182. The first-order chi connectivity index (χ1) is 6.75. The number of hydrogen-bond donors (Lipinski definition) is 0. The van der Waals surface area contributed by atoms with Crippen LogP contribution in [0.15, 0.2) is 12.3 Å². The molecule has 1 aromatic rings. The Morgan fingerprint density at radius 1 is 1.57 bits per heavy atom. The summed E-state index contributed by atoms with van der Waals surface area (Å²) in [7, 11) is 0. The fourth-order valence-electron chi connectivity index (χ4n) is 1.27. The number of halogens is 1. The third kappa shape index (κ3) is 1.98. The molecule has 2 rings (SSSR count). The molecule has 1 aliphatic heterocycles. The molecule has 0 saturated carbocycles. The second kappa shape index (κ2) is 3.88. The van der Waals surface area contributed by atoms with Crippen LogP contribution in [0, 0.1) is 6.92 Å². The van der Waals surface area contributed by atoms with Gasteiger partial charge in [0.25, 0.3) is 0 Å². The standard InChI is InChI=1S/C9H11FN2O2/c1-6-11-3-2-9(12-6)14-8-5-13-4-7(8)10/h2-3,7-8H,4-5H2,1H3/t7-,8-/m0/s1. The second-order valence-electron chi connectivity index (χ2n) is 3.15. The molecule has 0 amide bonds. The molecule has 0 aliphatic carbocycles. The molecule has 1 aliphatic rings. The summed E-state index contributed by atoms with van der Waals surface area (Å²) in [6, 6.07) is 1.61. The number of aromatic nitrogens is 2. The van der Waals surface area contributed by atoms with Crippen LogP contribution < -0.4 is 4.74 Å². The Kier molecular flexibility index (Phi) is 2.58. The van der Waals surface area contributed by atoms with Crippen LogP contribution in [0.25, 0.3) is 0 Å². The van der Waals surface area contributed by atoms with Crippen molar-refractivity contribution in [2.45, 2.75) is 19.2 Å². The topological polar surface area (TPSA) is 44.2 Å². The summed E-state index contributed by atoms with van der Waals surface area (Å²) in [4.78, 5) is 7.93. The van der Waals surface area contributed by atoms with Crippen molar-refractivity contribution in [3.63, 3.8) is 0 Å². The van der Waals surface area contributed by atoms with Gasteiger partial charge < -0.3 is 9.47 Å². The summed E-state index contributed by atoms with van der Waals surface area (Å²) in [6.45, 7) is 2.14. The highest BCUT2D eigenvalue weighted by Gasteiger charge is 2.30. The van der Waals surface area contributed by atoms with Crippen LogP contribution in [0.1, 0.15) is 5.82 Å². The van der Waals surface area contributed by atoms with E-state index in [-0.39, 0.29) is 13.2 Å². The van der Waals surface area contributed by atoms with Crippen molar-refractivity contribution in [1.82, 2.24) is 9.97 Å². The molecule has 0 unspecified atom stereocenters. The van der Waals surface area contributed by atoms with Crippen molar-refractivity contribution in [2.24, 2.45) is 0 Å². The first-order valence-electron chi connectivity index (χ1n) is 4.44. The highest BCUT2D eigenvalue weighted by molar-refractivity contribution is 5.08. The van der Waals surface area contributed by atoms with Crippen molar-refractivity contribution < 1.29 is 13.9 Å². The Morgan fingerprint density at radius 3 is 3.07 bits per heavy atom. The molecule has 2 atom stereocenters. The molecule has 4 nitrogen and oxygen atoms in total. The van der Waals surface area contributed by atoms with Gasteiger partial charge in [0, 0.05) is 12.3 Å². The third-order valence-corrected chi connectivity index (χ3v) is 1.99. The largest absolute Gasteiger partial charge is 0.469 e. The molecule has 1 saturated heterocycles. The van der Waals surface area contributed by atoms with Crippen molar-refractivity contribution in [3.05, 3.63) is 18.1 Å². The average molecular weight is 198 g/mol. The van der Waals surface area contributed by atoms with Gasteiger partial charge in [-0.3, -0.25) is 0 Å². The molecule has 76 valence electrons. The maximum atomic E-state index is 13.1. The lowest BCUT2D eigenvalue weighted by atomic mass is 10.3. The monoisotopic (exact) mass is 198 g/mol. The van der Waals surface area contributed by atoms with E-state index in [0.29, 0.717) is 11.7 Å². The van der Waals surface area contributed by atoms with Crippen LogP contribution in [-0.2, 0) is 4.74 Å². The van der Waals surface area contributed by atoms with Crippen LogP contribution in [0.3, 0.4) is 0 Å². The zero-order valence-corrected chi connectivity index (χ0v) is 7.81. The first kappa shape index (κ1) is 9.33. The van der Waals surface area contributed by atoms with E-state index in [9.17, 15) is 4.39 Å². The Labute approximate surface area is 81.1 Å². The predicted octanol–water partition coefficient (Wildman–Crippen LogP) is 0.901. The van der Waals surface area contributed by atoms with Gasteiger partial charge in [0.05, 0.1) is 13.2 Å². The van der Waals surface area contributed by atoms with Crippen LogP contribution in [0.2, 0.25) is 0 Å². The Balaban J connectivity index is 2.03. The van der Waals surface area contributed by atoms with Gasteiger partial charge in [0.1, 0.15) is 5.82 Å². The van der Waals surface area contributed by atoms with E-state index < -0.39 is 12.3 Å². The van der Waals surface area contributed by atoms with E-state index in [1.165, 1.54) is 0 Å². The lowest BCUT2D eigenvalue weighted by Gasteiger charge is -2.12. The Hall–Kier alpha value is -1.23. The third-order valence-electron chi connectivity index (χ3n) is 1.99. The quantitative estimate of drug-likeness (QED) is 0.708. The number of aryl methyl sites for hydroxylation is 1. The highest BCUT2D eigenvalue weighted by Crippen LogP contribution is 2.16. The van der Waals surface area contributed by atoms with E-state index >= 15 is 0 Å². The van der Waals surface area contributed by atoms with Crippen LogP contribution in [0.5, 0.6) is 5.88 Å². The van der Waals surface area contributed by atoms with E-state index in [2.05, 4.69) is 9.97 Å². The molecule has 14 heavy (non-hydrogen) atoms. The summed E-state index contributed by atoms with van der Waals surface area (Å²) in [5.74, 6) is 1.01.